The Morgan fingerprint density at radius 1 is 1.17 bits per heavy atom. The molecule has 1 N–H and O–H groups in total. The molecule has 0 atom stereocenters. The molecule has 0 aliphatic heterocycles. The fraction of sp³-hybridized carbons (Fsp3) is 0.238. The summed E-state index contributed by atoms with van der Waals surface area (Å²) in [6, 6.07) is 12.7. The fourth-order valence-electron chi connectivity index (χ4n) is 2.87. The number of rotatable bonds is 7. The Bertz CT molecular complexity index is 1190. The molecule has 156 valence electrons. The van der Waals surface area contributed by atoms with Crippen LogP contribution in [0.4, 0.5) is 4.39 Å². The Hall–Kier alpha value is -3.59. The van der Waals surface area contributed by atoms with E-state index in [1.54, 1.807) is 24.3 Å². The van der Waals surface area contributed by atoms with E-state index in [4.69, 9.17) is 4.74 Å². The van der Waals surface area contributed by atoms with Gasteiger partial charge in [-0.1, -0.05) is 30.3 Å². The minimum absolute atomic E-state index is 0.143. The summed E-state index contributed by atoms with van der Waals surface area (Å²) in [6.45, 7) is 1.90. The highest BCUT2D eigenvalue weighted by Crippen LogP contribution is 2.09. The van der Waals surface area contributed by atoms with E-state index in [2.05, 4.69) is 10.4 Å². The van der Waals surface area contributed by atoms with Gasteiger partial charge in [0.15, 0.2) is 0 Å². The zero-order chi connectivity index (χ0) is 21.7. The molecular formula is C21H21FN4O4. The molecule has 2 aromatic carbocycles. The molecule has 3 aromatic rings. The third kappa shape index (κ3) is 4.52. The van der Waals surface area contributed by atoms with Crippen molar-refractivity contribution in [2.45, 2.75) is 13.5 Å². The monoisotopic (exact) mass is 412 g/mol. The molecule has 0 unspecified atom stereocenters. The van der Waals surface area contributed by atoms with Crippen LogP contribution < -0.4 is 16.6 Å². The van der Waals surface area contributed by atoms with Crippen molar-refractivity contribution in [3.63, 3.8) is 0 Å². The number of hydrogen-bond donors (Lipinski definition) is 1. The number of aryl methyl sites for hydroxylation is 1. The summed E-state index contributed by atoms with van der Waals surface area (Å²) in [4.78, 5) is 38.5. The van der Waals surface area contributed by atoms with E-state index in [-0.39, 0.29) is 25.3 Å². The second-order valence-electron chi connectivity index (χ2n) is 6.61. The molecule has 8 nitrogen and oxygen atoms in total. The summed E-state index contributed by atoms with van der Waals surface area (Å²) in [5.74, 6) is -1.31. The van der Waals surface area contributed by atoms with Crippen LogP contribution in [-0.2, 0) is 11.3 Å². The fourth-order valence-corrected chi connectivity index (χ4v) is 2.87. The highest BCUT2D eigenvalue weighted by molar-refractivity contribution is 5.91. The Balaban J connectivity index is 2.17. The van der Waals surface area contributed by atoms with Crippen molar-refractivity contribution in [1.82, 2.24) is 19.7 Å². The van der Waals surface area contributed by atoms with Gasteiger partial charge in [-0.25, -0.2) is 9.18 Å². The number of nitrogens with zero attached hydrogens (tertiary/aromatic N) is 3. The first-order valence-electron chi connectivity index (χ1n) is 9.24. The maximum Gasteiger partial charge on any atom is 0.352 e. The molecule has 0 aliphatic carbocycles. The zero-order valence-electron chi connectivity index (χ0n) is 16.6. The number of amides is 1. The van der Waals surface area contributed by atoms with Crippen LogP contribution in [0.1, 0.15) is 21.6 Å². The van der Waals surface area contributed by atoms with Crippen LogP contribution in [0.3, 0.4) is 0 Å². The van der Waals surface area contributed by atoms with E-state index in [9.17, 15) is 18.8 Å². The van der Waals surface area contributed by atoms with Crippen molar-refractivity contribution >= 4 is 5.91 Å². The lowest BCUT2D eigenvalue weighted by molar-refractivity contribution is 0.0927. The highest BCUT2D eigenvalue weighted by atomic mass is 19.1. The van der Waals surface area contributed by atoms with E-state index in [0.717, 1.165) is 14.8 Å². The number of hydrogen-bond acceptors (Lipinski definition) is 5. The minimum Gasteiger partial charge on any atom is -0.383 e. The molecule has 30 heavy (non-hydrogen) atoms. The number of aromatic nitrogens is 3. The number of carbonyl (C=O) groups is 1. The lowest BCUT2D eigenvalue weighted by Gasteiger charge is -2.13. The van der Waals surface area contributed by atoms with Crippen molar-refractivity contribution in [1.29, 1.82) is 0 Å². The van der Waals surface area contributed by atoms with Gasteiger partial charge < -0.3 is 10.1 Å². The predicted octanol–water partition coefficient (Wildman–Crippen LogP) is 1.27. The van der Waals surface area contributed by atoms with Crippen molar-refractivity contribution < 1.29 is 13.9 Å². The van der Waals surface area contributed by atoms with Gasteiger partial charge >= 0.3 is 5.69 Å². The summed E-state index contributed by atoms with van der Waals surface area (Å²) in [5, 5.41) is 6.53. The summed E-state index contributed by atoms with van der Waals surface area (Å²) < 4.78 is 20.8. The van der Waals surface area contributed by atoms with Gasteiger partial charge in [-0.05, 0) is 30.7 Å². The molecule has 1 amide bonds. The van der Waals surface area contributed by atoms with Gasteiger partial charge in [0.05, 0.1) is 18.8 Å². The van der Waals surface area contributed by atoms with E-state index in [1.165, 1.54) is 25.3 Å². The highest BCUT2D eigenvalue weighted by Gasteiger charge is 2.21. The number of carbonyl (C=O) groups excluding carboxylic acids is 1. The van der Waals surface area contributed by atoms with Gasteiger partial charge in [0.25, 0.3) is 11.5 Å². The standard InChI is InChI=1S/C21H21FN4O4/c1-14-6-5-8-16(12-14)26-21(29)25(13-15-7-3-4-9-17(15)22)20(28)18(24-26)19(27)23-10-11-30-2/h3-9,12H,10-11,13H2,1-2H3,(H,23,27). The summed E-state index contributed by atoms with van der Waals surface area (Å²) in [6.07, 6.45) is 0. The Labute approximate surface area is 171 Å². The summed E-state index contributed by atoms with van der Waals surface area (Å²) >= 11 is 0. The number of halogens is 1. The van der Waals surface area contributed by atoms with E-state index < -0.39 is 28.7 Å². The first-order valence-corrected chi connectivity index (χ1v) is 9.24. The van der Waals surface area contributed by atoms with Gasteiger partial charge in [0.2, 0.25) is 5.69 Å². The van der Waals surface area contributed by atoms with Crippen LogP contribution in [0, 0.1) is 12.7 Å². The molecular weight excluding hydrogens is 391 g/mol. The predicted molar refractivity (Wildman–Crippen MR) is 109 cm³/mol. The molecule has 1 heterocycles. The second-order valence-corrected chi connectivity index (χ2v) is 6.61. The van der Waals surface area contributed by atoms with Crippen LogP contribution in [0.5, 0.6) is 0 Å². The van der Waals surface area contributed by atoms with Crippen LogP contribution >= 0.6 is 0 Å². The average molecular weight is 412 g/mol. The second kappa shape index (κ2) is 9.27. The first kappa shape index (κ1) is 21.1. The topological polar surface area (TPSA) is 95.2 Å². The average Bonchev–Trinajstić information content (AvgIpc) is 2.72. The lowest BCUT2D eigenvalue weighted by Crippen LogP contribution is -2.46. The van der Waals surface area contributed by atoms with E-state index >= 15 is 0 Å². The van der Waals surface area contributed by atoms with Crippen molar-refractivity contribution in [3.05, 3.63) is 92.0 Å². The van der Waals surface area contributed by atoms with Gasteiger partial charge in [0, 0.05) is 19.2 Å². The zero-order valence-corrected chi connectivity index (χ0v) is 16.6. The molecule has 0 fully saturated rings. The lowest BCUT2D eigenvalue weighted by atomic mass is 10.2. The van der Waals surface area contributed by atoms with Crippen molar-refractivity contribution in [2.24, 2.45) is 0 Å². The maximum absolute atomic E-state index is 14.1. The quantitative estimate of drug-likeness (QED) is 0.590. The number of methoxy groups -OCH3 is 1. The smallest absolute Gasteiger partial charge is 0.352 e. The molecule has 3 rings (SSSR count). The minimum atomic E-state index is -0.901. The molecule has 0 saturated heterocycles. The van der Waals surface area contributed by atoms with Crippen LogP contribution in [0.15, 0.2) is 58.1 Å². The summed E-state index contributed by atoms with van der Waals surface area (Å²) in [7, 11) is 1.48. The van der Waals surface area contributed by atoms with Crippen LogP contribution in [0.2, 0.25) is 0 Å². The van der Waals surface area contributed by atoms with Gasteiger partial charge in [-0.15, -0.1) is 0 Å². The Kier molecular flexibility index (Phi) is 6.53. The molecule has 0 radical (unpaired) electrons. The number of benzene rings is 2. The Morgan fingerprint density at radius 3 is 2.63 bits per heavy atom. The molecule has 9 heteroatoms. The third-order valence-electron chi connectivity index (χ3n) is 4.40. The number of ether oxygens (including phenoxy) is 1. The third-order valence-corrected chi connectivity index (χ3v) is 4.40. The normalized spacial score (nSPS) is 10.8. The molecule has 1 aromatic heterocycles. The Morgan fingerprint density at radius 2 is 1.93 bits per heavy atom. The summed E-state index contributed by atoms with van der Waals surface area (Å²) in [5.41, 5.74) is -0.760. The SMILES string of the molecule is COCCNC(=O)c1nn(-c2cccc(C)c2)c(=O)n(Cc2ccccc2F)c1=O. The molecule has 0 bridgehead atoms. The number of nitrogens with one attached hydrogen (secondary N) is 1. The first-order chi connectivity index (χ1) is 14.4. The van der Waals surface area contributed by atoms with Gasteiger partial charge in [0.1, 0.15) is 5.82 Å². The largest absolute Gasteiger partial charge is 0.383 e. The van der Waals surface area contributed by atoms with Crippen LogP contribution in [0.25, 0.3) is 5.69 Å². The van der Waals surface area contributed by atoms with Crippen molar-refractivity contribution in [2.75, 3.05) is 20.3 Å². The maximum atomic E-state index is 14.1. The van der Waals surface area contributed by atoms with Gasteiger partial charge in [-0.2, -0.15) is 9.78 Å². The molecule has 0 spiro atoms. The van der Waals surface area contributed by atoms with Crippen molar-refractivity contribution in [3.8, 4) is 5.69 Å². The van der Waals surface area contributed by atoms with Gasteiger partial charge in [-0.3, -0.25) is 14.2 Å². The molecule has 0 aliphatic rings. The van der Waals surface area contributed by atoms with E-state index in [0.29, 0.717) is 5.69 Å². The van der Waals surface area contributed by atoms with Crippen LogP contribution in [-0.4, -0.2) is 40.5 Å². The van der Waals surface area contributed by atoms with E-state index in [1.807, 2.05) is 13.0 Å². The molecule has 0 saturated carbocycles.